The maximum atomic E-state index is 14.0. The molecule has 2 aliphatic heterocycles. The summed E-state index contributed by atoms with van der Waals surface area (Å²) in [6, 6.07) is 16.1. The molecule has 5 rings (SSSR count). The van der Waals surface area contributed by atoms with Gasteiger partial charge in [-0.2, -0.15) is 0 Å². The average Bonchev–Trinajstić information content (AvgIpc) is 3.29. The third kappa shape index (κ3) is 4.57. The third-order valence-electron chi connectivity index (χ3n) is 6.48. The lowest BCUT2D eigenvalue weighted by Gasteiger charge is -2.38. The summed E-state index contributed by atoms with van der Waals surface area (Å²) in [5.41, 5.74) is 1.30. The van der Waals surface area contributed by atoms with Crippen molar-refractivity contribution in [2.75, 3.05) is 63.8 Å². The van der Waals surface area contributed by atoms with Gasteiger partial charge >= 0.3 is 0 Å². The van der Waals surface area contributed by atoms with Gasteiger partial charge in [-0.3, -0.25) is 14.5 Å². The van der Waals surface area contributed by atoms with Crippen molar-refractivity contribution in [1.29, 1.82) is 0 Å². The van der Waals surface area contributed by atoms with Crippen molar-refractivity contribution >= 4 is 28.5 Å². The lowest BCUT2D eigenvalue weighted by atomic mass is 10.2. The topological polar surface area (TPSA) is 60.2 Å². The molecule has 3 aromatic rings. The van der Waals surface area contributed by atoms with Crippen LogP contribution in [0, 0.1) is 5.82 Å². The van der Waals surface area contributed by atoms with Gasteiger partial charge in [0.1, 0.15) is 11.4 Å². The number of nitrogens with zero attached hydrogens (tertiary/aromatic N) is 4. The lowest BCUT2D eigenvalue weighted by Crippen LogP contribution is -2.54. The van der Waals surface area contributed by atoms with E-state index in [2.05, 4.69) is 4.90 Å². The monoisotopic (exact) mass is 450 g/mol. The number of furan rings is 1. The summed E-state index contributed by atoms with van der Waals surface area (Å²) in [4.78, 5) is 33.3. The highest BCUT2D eigenvalue weighted by Gasteiger charge is 2.28. The summed E-state index contributed by atoms with van der Waals surface area (Å²) in [5, 5.41) is 0.917. The number of fused-ring (bicyclic) bond motifs is 1. The zero-order valence-electron chi connectivity index (χ0n) is 18.5. The van der Waals surface area contributed by atoms with Crippen LogP contribution in [0.5, 0.6) is 0 Å². The van der Waals surface area contributed by atoms with Crippen molar-refractivity contribution < 1.29 is 18.4 Å². The highest BCUT2D eigenvalue weighted by molar-refractivity contribution is 5.96. The van der Waals surface area contributed by atoms with Crippen LogP contribution in [0.3, 0.4) is 0 Å². The lowest BCUT2D eigenvalue weighted by molar-refractivity contribution is -0.133. The van der Waals surface area contributed by atoms with Crippen LogP contribution in [0.25, 0.3) is 11.0 Å². The van der Waals surface area contributed by atoms with Gasteiger partial charge in [-0.15, -0.1) is 0 Å². The van der Waals surface area contributed by atoms with E-state index in [1.165, 1.54) is 6.07 Å². The number of halogens is 1. The Morgan fingerprint density at radius 3 is 2.21 bits per heavy atom. The van der Waals surface area contributed by atoms with Gasteiger partial charge in [0, 0.05) is 57.7 Å². The van der Waals surface area contributed by atoms with Gasteiger partial charge in [0.2, 0.25) is 5.91 Å². The Morgan fingerprint density at radius 1 is 0.818 bits per heavy atom. The normalized spacial score (nSPS) is 17.5. The highest BCUT2D eigenvalue weighted by atomic mass is 19.1. The van der Waals surface area contributed by atoms with E-state index in [0.29, 0.717) is 75.9 Å². The first kappa shape index (κ1) is 21.5. The van der Waals surface area contributed by atoms with Gasteiger partial charge in [0.15, 0.2) is 5.76 Å². The largest absolute Gasteiger partial charge is 0.451 e. The van der Waals surface area contributed by atoms with E-state index in [9.17, 15) is 14.0 Å². The predicted octanol–water partition coefficient (Wildman–Crippen LogP) is 2.68. The molecular formula is C25H27FN4O3. The molecule has 0 atom stereocenters. The van der Waals surface area contributed by atoms with Crippen molar-refractivity contribution in [3.8, 4) is 0 Å². The molecular weight excluding hydrogens is 423 g/mol. The molecule has 2 amide bonds. The number of anilines is 1. The zero-order valence-corrected chi connectivity index (χ0v) is 18.5. The molecule has 0 bridgehead atoms. The van der Waals surface area contributed by atoms with E-state index >= 15 is 0 Å². The molecule has 8 heteroatoms. The van der Waals surface area contributed by atoms with Gasteiger partial charge < -0.3 is 19.1 Å². The van der Waals surface area contributed by atoms with Gasteiger partial charge in [-0.25, -0.2) is 4.39 Å². The van der Waals surface area contributed by atoms with Crippen molar-refractivity contribution in [3.05, 3.63) is 66.2 Å². The number of hydrogen-bond donors (Lipinski definition) is 0. The van der Waals surface area contributed by atoms with E-state index in [1.807, 2.05) is 40.1 Å². The number of carbonyl (C=O) groups excluding carboxylic acids is 2. The molecule has 0 unspecified atom stereocenters. The molecule has 33 heavy (non-hydrogen) atoms. The van der Waals surface area contributed by atoms with Crippen LogP contribution in [0.4, 0.5) is 10.1 Å². The Balaban J connectivity index is 1.10. The number of amides is 2. The standard InChI is InChI=1S/C25H27FN4O3/c26-20-6-2-3-7-21(20)28-13-15-29(16-14-28)24(31)18-27-9-11-30(12-10-27)25(32)23-17-19-5-1-4-8-22(19)33-23/h1-8,17H,9-16,18H2. The van der Waals surface area contributed by atoms with Crippen LogP contribution in [-0.4, -0.2) is 85.4 Å². The average molecular weight is 451 g/mol. The van der Waals surface area contributed by atoms with Crippen LogP contribution >= 0.6 is 0 Å². The summed E-state index contributed by atoms with van der Waals surface area (Å²) in [5.74, 6) is 0.0995. The number of carbonyl (C=O) groups is 2. The van der Waals surface area contributed by atoms with Gasteiger partial charge in [0.25, 0.3) is 5.91 Å². The Morgan fingerprint density at radius 2 is 1.48 bits per heavy atom. The summed E-state index contributed by atoms with van der Waals surface area (Å²) in [6.45, 7) is 5.15. The summed E-state index contributed by atoms with van der Waals surface area (Å²) in [6.07, 6.45) is 0. The Kier molecular flexibility index (Phi) is 6.00. The fourth-order valence-corrected chi connectivity index (χ4v) is 4.55. The molecule has 0 spiro atoms. The molecule has 2 saturated heterocycles. The first-order valence-corrected chi connectivity index (χ1v) is 11.4. The van der Waals surface area contributed by atoms with Crippen LogP contribution in [0.1, 0.15) is 10.6 Å². The van der Waals surface area contributed by atoms with E-state index in [1.54, 1.807) is 23.1 Å². The SMILES string of the molecule is O=C(CN1CCN(C(=O)c2cc3ccccc3o2)CC1)N1CCN(c2ccccc2F)CC1. The summed E-state index contributed by atoms with van der Waals surface area (Å²) < 4.78 is 19.7. The maximum Gasteiger partial charge on any atom is 0.289 e. The minimum Gasteiger partial charge on any atom is -0.451 e. The van der Waals surface area contributed by atoms with Crippen molar-refractivity contribution in [3.63, 3.8) is 0 Å². The van der Waals surface area contributed by atoms with E-state index < -0.39 is 0 Å². The van der Waals surface area contributed by atoms with Crippen LogP contribution < -0.4 is 4.90 Å². The second-order valence-electron chi connectivity index (χ2n) is 8.54. The summed E-state index contributed by atoms with van der Waals surface area (Å²) in [7, 11) is 0. The summed E-state index contributed by atoms with van der Waals surface area (Å²) >= 11 is 0. The minimum atomic E-state index is -0.229. The van der Waals surface area contributed by atoms with E-state index in [-0.39, 0.29) is 17.6 Å². The molecule has 172 valence electrons. The quantitative estimate of drug-likeness (QED) is 0.612. The van der Waals surface area contributed by atoms with Crippen LogP contribution in [-0.2, 0) is 4.79 Å². The maximum absolute atomic E-state index is 14.0. The second kappa shape index (κ2) is 9.23. The van der Waals surface area contributed by atoms with Crippen molar-refractivity contribution in [2.24, 2.45) is 0 Å². The van der Waals surface area contributed by atoms with Crippen LogP contribution in [0.2, 0.25) is 0 Å². The highest BCUT2D eigenvalue weighted by Crippen LogP contribution is 2.22. The predicted molar refractivity (Wildman–Crippen MR) is 124 cm³/mol. The van der Waals surface area contributed by atoms with Gasteiger partial charge in [-0.05, 0) is 24.3 Å². The number of piperazine rings is 2. The Hall–Kier alpha value is -3.39. The molecule has 7 nitrogen and oxygen atoms in total. The third-order valence-corrected chi connectivity index (χ3v) is 6.48. The van der Waals surface area contributed by atoms with Crippen molar-refractivity contribution in [2.45, 2.75) is 0 Å². The first-order chi connectivity index (χ1) is 16.1. The Bertz CT molecular complexity index is 1110. The Labute approximate surface area is 191 Å². The smallest absolute Gasteiger partial charge is 0.289 e. The van der Waals surface area contributed by atoms with E-state index in [0.717, 1.165) is 5.39 Å². The molecule has 2 fully saturated rings. The molecule has 2 aliphatic rings. The molecule has 0 aliphatic carbocycles. The minimum absolute atomic E-state index is 0.0836. The van der Waals surface area contributed by atoms with Crippen molar-refractivity contribution in [1.82, 2.24) is 14.7 Å². The van der Waals surface area contributed by atoms with Gasteiger partial charge in [0.05, 0.1) is 12.2 Å². The fourth-order valence-electron chi connectivity index (χ4n) is 4.55. The zero-order chi connectivity index (χ0) is 22.8. The van der Waals surface area contributed by atoms with Gasteiger partial charge in [-0.1, -0.05) is 30.3 Å². The molecule has 2 aromatic carbocycles. The molecule has 0 radical (unpaired) electrons. The number of rotatable bonds is 4. The van der Waals surface area contributed by atoms with Crippen LogP contribution in [0.15, 0.2) is 59.0 Å². The second-order valence-corrected chi connectivity index (χ2v) is 8.54. The number of para-hydroxylation sites is 2. The molecule has 0 saturated carbocycles. The molecule has 0 N–H and O–H groups in total. The fraction of sp³-hybridized carbons (Fsp3) is 0.360. The first-order valence-electron chi connectivity index (χ1n) is 11.4. The van der Waals surface area contributed by atoms with E-state index in [4.69, 9.17) is 4.42 Å². The number of hydrogen-bond acceptors (Lipinski definition) is 5. The molecule has 3 heterocycles. The number of benzene rings is 2. The molecule has 1 aromatic heterocycles.